The van der Waals surface area contributed by atoms with E-state index >= 15 is 0 Å². The number of nitrogens with zero attached hydrogens (tertiary/aromatic N) is 1. The van der Waals surface area contributed by atoms with Crippen LogP contribution in [-0.2, 0) is 11.2 Å². The molecule has 2 aromatic rings. The fourth-order valence-electron chi connectivity index (χ4n) is 4.16. The summed E-state index contributed by atoms with van der Waals surface area (Å²) in [6, 6.07) is 6.89. The van der Waals surface area contributed by atoms with Crippen LogP contribution in [0, 0.1) is 5.92 Å². The topological polar surface area (TPSA) is 52.7 Å². The van der Waals surface area contributed by atoms with Crippen LogP contribution in [0.15, 0.2) is 30.5 Å². The van der Waals surface area contributed by atoms with Crippen LogP contribution in [0.5, 0.6) is 0 Å². The Kier molecular flexibility index (Phi) is 3.49. The molecule has 4 nitrogen and oxygen atoms in total. The number of aromatic amines is 1. The van der Waals surface area contributed by atoms with E-state index in [2.05, 4.69) is 54.6 Å². The van der Waals surface area contributed by atoms with Crippen molar-refractivity contribution in [1.29, 1.82) is 0 Å². The van der Waals surface area contributed by atoms with E-state index in [4.69, 9.17) is 0 Å². The number of hydrogen-bond donors (Lipinski definition) is 2. The van der Waals surface area contributed by atoms with E-state index in [9.17, 15) is 4.79 Å². The van der Waals surface area contributed by atoms with Crippen LogP contribution < -0.4 is 5.32 Å². The zero-order chi connectivity index (χ0) is 16.0. The zero-order valence-electron chi connectivity index (χ0n) is 13.8. The normalized spacial score (nSPS) is 22.6. The predicted molar refractivity (Wildman–Crippen MR) is 92.0 cm³/mol. The molecular formula is C19H24N3O+. The monoisotopic (exact) mass is 310 g/mol. The van der Waals surface area contributed by atoms with Gasteiger partial charge in [0.05, 0.1) is 6.54 Å². The van der Waals surface area contributed by atoms with Gasteiger partial charge in [0, 0.05) is 42.2 Å². The average molecular weight is 310 g/mol. The number of rotatable bonds is 3. The molecule has 0 spiro atoms. The second-order valence-electron chi connectivity index (χ2n) is 6.56. The van der Waals surface area contributed by atoms with Crippen molar-refractivity contribution in [3.63, 3.8) is 0 Å². The van der Waals surface area contributed by atoms with E-state index in [0.29, 0.717) is 6.04 Å². The number of carbonyl (C=O) groups excluding carboxylic acids is 1. The number of H-pyrrole nitrogens is 1. The largest absolute Gasteiger partial charge is 0.361 e. The Hall–Kier alpha value is -2.07. The third-order valence-corrected chi connectivity index (χ3v) is 5.39. The second-order valence-corrected chi connectivity index (χ2v) is 6.56. The van der Waals surface area contributed by atoms with Crippen molar-refractivity contribution in [1.82, 2.24) is 9.88 Å². The van der Waals surface area contributed by atoms with E-state index in [1.807, 2.05) is 4.90 Å². The highest BCUT2D eigenvalue weighted by molar-refractivity contribution is 5.98. The summed E-state index contributed by atoms with van der Waals surface area (Å²) in [5.41, 5.74) is 5.26. The van der Waals surface area contributed by atoms with Crippen LogP contribution in [-0.4, -0.2) is 41.5 Å². The minimum absolute atomic E-state index is 0.00287. The Balaban J connectivity index is 1.76. The molecule has 0 radical (unpaired) electrons. The molecule has 1 aliphatic heterocycles. The minimum Gasteiger partial charge on any atom is -0.361 e. The quantitative estimate of drug-likeness (QED) is 0.888. The molecule has 2 heterocycles. The number of aromatic nitrogens is 1. The third kappa shape index (κ3) is 2.20. The first-order chi connectivity index (χ1) is 11.2. The first-order valence-electron chi connectivity index (χ1n) is 8.66. The maximum absolute atomic E-state index is 12.7. The number of fused-ring (bicyclic) bond motifs is 2. The van der Waals surface area contributed by atoms with Gasteiger partial charge in [0.2, 0.25) is 5.91 Å². The summed E-state index contributed by atoms with van der Waals surface area (Å²) in [6.45, 7) is 6.54. The molecule has 0 fully saturated rings. The first kappa shape index (κ1) is 14.5. The second kappa shape index (κ2) is 5.53. The van der Waals surface area contributed by atoms with Crippen molar-refractivity contribution in [3.8, 4) is 0 Å². The van der Waals surface area contributed by atoms with E-state index in [1.54, 1.807) is 0 Å². The summed E-state index contributed by atoms with van der Waals surface area (Å²) in [5.74, 6) is 0.265. The van der Waals surface area contributed by atoms with Gasteiger partial charge in [-0.3, -0.25) is 4.79 Å². The van der Waals surface area contributed by atoms with Crippen LogP contribution >= 0.6 is 0 Å². The highest BCUT2D eigenvalue weighted by atomic mass is 16.2. The van der Waals surface area contributed by atoms with E-state index in [1.165, 1.54) is 27.6 Å². The highest BCUT2D eigenvalue weighted by Gasteiger charge is 2.35. The van der Waals surface area contributed by atoms with E-state index < -0.39 is 0 Å². The Morgan fingerprint density at radius 2 is 2.17 bits per heavy atom. The summed E-state index contributed by atoms with van der Waals surface area (Å²) in [4.78, 5) is 18.1. The molecule has 0 saturated carbocycles. The number of hydrogen-bond acceptors (Lipinski definition) is 1. The van der Waals surface area contributed by atoms with Crippen molar-refractivity contribution < 1.29 is 10.1 Å². The van der Waals surface area contributed by atoms with Gasteiger partial charge in [-0.15, -0.1) is 0 Å². The summed E-state index contributed by atoms with van der Waals surface area (Å²) >= 11 is 0. The molecule has 0 unspecified atom stereocenters. The van der Waals surface area contributed by atoms with Gasteiger partial charge in [0.1, 0.15) is 12.0 Å². The lowest BCUT2D eigenvalue weighted by Gasteiger charge is -2.32. The van der Waals surface area contributed by atoms with Crippen LogP contribution in [0.2, 0.25) is 0 Å². The maximum atomic E-state index is 12.7. The van der Waals surface area contributed by atoms with E-state index in [-0.39, 0.29) is 11.8 Å². The maximum Gasteiger partial charge on any atom is 0.235 e. The van der Waals surface area contributed by atoms with Crippen molar-refractivity contribution in [2.24, 2.45) is 5.92 Å². The standard InChI is InChI=1S/C19H23N3O/c1-3-22(4-2)19(23)13-8-15-14-6-5-7-16-18(14)12(10-20-16)9-17(15)21-11-13/h5-8,10,13,17,20-21H,3-4,9,11H2,1-2H3/p+1/t13-,17-/m1/s1. The summed E-state index contributed by atoms with van der Waals surface area (Å²) < 4.78 is 0. The number of nitrogens with two attached hydrogens (primary N) is 1. The van der Waals surface area contributed by atoms with Crippen molar-refractivity contribution in [3.05, 3.63) is 41.6 Å². The lowest BCUT2D eigenvalue weighted by Crippen LogP contribution is -2.93. The number of benzene rings is 1. The molecule has 0 saturated heterocycles. The Morgan fingerprint density at radius 1 is 1.35 bits per heavy atom. The molecule has 2 atom stereocenters. The molecule has 0 bridgehead atoms. The molecular weight excluding hydrogens is 286 g/mol. The lowest BCUT2D eigenvalue weighted by molar-refractivity contribution is -0.681. The molecule has 23 heavy (non-hydrogen) atoms. The van der Waals surface area contributed by atoms with Gasteiger partial charge in [-0.2, -0.15) is 0 Å². The van der Waals surface area contributed by atoms with Gasteiger partial charge in [-0.05, 0) is 31.0 Å². The number of amides is 1. The van der Waals surface area contributed by atoms with Gasteiger partial charge in [0.15, 0.2) is 0 Å². The average Bonchev–Trinajstić information content (AvgIpc) is 3.00. The third-order valence-electron chi connectivity index (χ3n) is 5.39. The van der Waals surface area contributed by atoms with Gasteiger partial charge in [0.25, 0.3) is 0 Å². The Bertz CT molecular complexity index is 785. The van der Waals surface area contributed by atoms with Gasteiger partial charge in [-0.25, -0.2) is 0 Å². The van der Waals surface area contributed by atoms with Gasteiger partial charge < -0.3 is 15.2 Å². The van der Waals surface area contributed by atoms with Crippen molar-refractivity contribution >= 4 is 22.4 Å². The van der Waals surface area contributed by atoms with Crippen LogP contribution in [0.4, 0.5) is 0 Å². The fourth-order valence-corrected chi connectivity index (χ4v) is 4.16. The smallest absolute Gasteiger partial charge is 0.235 e. The zero-order valence-corrected chi connectivity index (χ0v) is 13.8. The lowest BCUT2D eigenvalue weighted by atomic mass is 9.80. The molecule has 1 aliphatic carbocycles. The SMILES string of the molecule is CCN(CC)C(=O)[C@@H]1C=C2c3cccc4[nH]cc(c34)C[C@H]2[NH2+]C1. The molecule has 4 heteroatoms. The van der Waals surface area contributed by atoms with Crippen LogP contribution in [0.25, 0.3) is 16.5 Å². The van der Waals surface area contributed by atoms with Crippen LogP contribution in [0.1, 0.15) is 25.0 Å². The Morgan fingerprint density at radius 3 is 2.96 bits per heavy atom. The minimum atomic E-state index is -0.00287. The molecule has 2 aliphatic rings. The Labute approximate surface area is 136 Å². The highest BCUT2D eigenvalue weighted by Crippen LogP contribution is 2.36. The van der Waals surface area contributed by atoms with Crippen LogP contribution in [0.3, 0.4) is 0 Å². The fraction of sp³-hybridized carbons (Fsp3) is 0.421. The number of quaternary nitrogens is 1. The van der Waals surface area contributed by atoms with Crippen molar-refractivity contribution in [2.75, 3.05) is 19.6 Å². The molecule has 1 aromatic carbocycles. The molecule has 120 valence electrons. The summed E-state index contributed by atoms with van der Waals surface area (Å²) in [5, 5.41) is 3.70. The van der Waals surface area contributed by atoms with E-state index in [0.717, 1.165) is 26.1 Å². The number of nitrogens with one attached hydrogen (secondary N) is 1. The molecule has 4 rings (SSSR count). The molecule has 1 aromatic heterocycles. The number of carbonyl (C=O) groups is 1. The molecule has 3 N–H and O–H groups in total. The molecule has 1 amide bonds. The van der Waals surface area contributed by atoms with Gasteiger partial charge >= 0.3 is 0 Å². The predicted octanol–water partition coefficient (Wildman–Crippen LogP) is 1.54. The first-order valence-corrected chi connectivity index (χ1v) is 8.66. The summed E-state index contributed by atoms with van der Waals surface area (Å²) in [6.07, 6.45) is 5.44. The van der Waals surface area contributed by atoms with Gasteiger partial charge in [-0.1, -0.05) is 18.2 Å². The summed E-state index contributed by atoms with van der Waals surface area (Å²) in [7, 11) is 0. The van der Waals surface area contributed by atoms with Crippen molar-refractivity contribution in [2.45, 2.75) is 26.3 Å².